The summed E-state index contributed by atoms with van der Waals surface area (Å²) < 4.78 is 29.7. The molecule has 0 bridgehead atoms. The molecule has 7 heteroatoms. The second-order valence-corrected chi connectivity index (χ2v) is 8.69. The van der Waals surface area contributed by atoms with Crippen LogP contribution in [0, 0.1) is 6.92 Å². The average Bonchev–Trinajstić information content (AvgIpc) is 3.20. The molecule has 0 aromatic heterocycles. The summed E-state index contributed by atoms with van der Waals surface area (Å²) >= 11 is 0. The number of rotatable bonds is 4. The van der Waals surface area contributed by atoms with Gasteiger partial charge in [0, 0.05) is 0 Å². The van der Waals surface area contributed by atoms with Crippen LogP contribution in [-0.4, -0.2) is 54.7 Å². The molecule has 1 aromatic rings. The van der Waals surface area contributed by atoms with Crippen LogP contribution in [-0.2, 0) is 34.9 Å². The first-order valence-corrected chi connectivity index (χ1v) is 9.80. The van der Waals surface area contributed by atoms with Crippen molar-refractivity contribution in [3.05, 3.63) is 35.4 Å². The first-order valence-electron chi connectivity index (χ1n) is 9.80. The molecule has 1 N–H and O–H groups in total. The molecule has 1 amide bonds. The average molecular weight is 391 g/mol. The number of carbonyl (C=O) groups excluding carboxylic acids is 1. The summed E-state index contributed by atoms with van der Waals surface area (Å²) in [5.74, 6) is -1.52. The highest BCUT2D eigenvalue weighted by molar-refractivity contribution is 5.79. The lowest BCUT2D eigenvalue weighted by Crippen LogP contribution is -2.52. The number of ether oxygens (including phenoxy) is 5. The quantitative estimate of drug-likeness (QED) is 0.847. The van der Waals surface area contributed by atoms with Crippen LogP contribution in [0.5, 0.6) is 0 Å². The van der Waals surface area contributed by atoms with Gasteiger partial charge in [0.2, 0.25) is 5.91 Å². The number of fused-ring (bicyclic) bond motifs is 1. The van der Waals surface area contributed by atoms with Gasteiger partial charge in [-0.1, -0.05) is 29.8 Å². The minimum atomic E-state index is -0.757. The third kappa shape index (κ3) is 4.09. The van der Waals surface area contributed by atoms with Crippen molar-refractivity contribution in [1.82, 2.24) is 5.32 Å². The third-order valence-corrected chi connectivity index (χ3v) is 5.30. The number of aryl methyl sites for hydroxylation is 1. The van der Waals surface area contributed by atoms with E-state index in [9.17, 15) is 4.79 Å². The van der Waals surface area contributed by atoms with Crippen molar-refractivity contribution in [1.29, 1.82) is 0 Å². The van der Waals surface area contributed by atoms with Gasteiger partial charge < -0.3 is 29.0 Å². The molecule has 4 rings (SSSR count). The number of carbonyl (C=O) groups is 1. The van der Waals surface area contributed by atoms with Gasteiger partial charge in [0.05, 0.1) is 19.1 Å². The summed E-state index contributed by atoms with van der Waals surface area (Å²) in [6, 6.07) is 7.56. The molecule has 3 aliphatic heterocycles. The van der Waals surface area contributed by atoms with E-state index in [1.165, 1.54) is 0 Å². The molecule has 0 saturated carbocycles. The summed E-state index contributed by atoms with van der Waals surface area (Å²) in [5, 5.41) is 3.10. The fraction of sp³-hybridized carbons (Fsp3) is 0.667. The van der Waals surface area contributed by atoms with Crippen molar-refractivity contribution in [2.45, 2.75) is 83.3 Å². The molecule has 0 unspecified atom stereocenters. The lowest BCUT2D eigenvalue weighted by molar-refractivity contribution is -0.223. The Balaban J connectivity index is 1.48. The van der Waals surface area contributed by atoms with E-state index in [-0.39, 0.29) is 18.1 Å². The van der Waals surface area contributed by atoms with E-state index in [1.54, 1.807) is 0 Å². The van der Waals surface area contributed by atoms with E-state index in [2.05, 4.69) is 5.32 Å². The number of nitrogens with one attached hydrogen (secondary N) is 1. The van der Waals surface area contributed by atoms with E-state index >= 15 is 0 Å². The van der Waals surface area contributed by atoms with E-state index in [0.29, 0.717) is 13.0 Å². The highest BCUT2D eigenvalue weighted by Crippen LogP contribution is 2.40. The largest absolute Gasteiger partial charge is 0.348 e. The maximum atomic E-state index is 12.8. The van der Waals surface area contributed by atoms with Crippen LogP contribution in [0.3, 0.4) is 0 Å². The van der Waals surface area contributed by atoms with Crippen LogP contribution in [0.25, 0.3) is 0 Å². The van der Waals surface area contributed by atoms with Gasteiger partial charge in [0.15, 0.2) is 17.9 Å². The van der Waals surface area contributed by atoms with Gasteiger partial charge in [0.25, 0.3) is 0 Å². The number of hydrogen-bond donors (Lipinski definition) is 1. The Morgan fingerprint density at radius 3 is 2.39 bits per heavy atom. The predicted octanol–water partition coefficient (Wildman–Crippen LogP) is 2.05. The molecule has 0 radical (unpaired) electrons. The number of hydrogen-bond acceptors (Lipinski definition) is 6. The molecule has 3 heterocycles. The zero-order valence-electron chi connectivity index (χ0n) is 17.1. The Labute approximate surface area is 165 Å². The Hall–Kier alpha value is -1.51. The van der Waals surface area contributed by atoms with Crippen molar-refractivity contribution in [2.75, 3.05) is 6.61 Å². The van der Waals surface area contributed by atoms with Crippen LogP contribution in [0.2, 0.25) is 0 Å². The van der Waals surface area contributed by atoms with Gasteiger partial charge in [-0.25, -0.2) is 0 Å². The SMILES string of the molecule is Cc1ccc(CC(=O)N[C@H]2[C@H]3OC(C)(C)O[C@H]3O[C@@H]2[C@H]2COC(C)(C)O2)cc1. The molecule has 1 aromatic carbocycles. The van der Waals surface area contributed by atoms with Crippen LogP contribution >= 0.6 is 0 Å². The second kappa shape index (κ2) is 7.07. The van der Waals surface area contributed by atoms with Crippen LogP contribution in [0.15, 0.2) is 24.3 Å². The monoisotopic (exact) mass is 391 g/mol. The zero-order chi connectivity index (χ0) is 20.1. The highest BCUT2D eigenvalue weighted by Gasteiger charge is 2.58. The molecule has 5 atom stereocenters. The maximum Gasteiger partial charge on any atom is 0.224 e. The first kappa shape index (κ1) is 19.8. The lowest BCUT2D eigenvalue weighted by atomic mass is 10.0. The fourth-order valence-electron chi connectivity index (χ4n) is 4.02. The van der Waals surface area contributed by atoms with Crippen LogP contribution < -0.4 is 5.32 Å². The zero-order valence-corrected chi connectivity index (χ0v) is 17.1. The smallest absolute Gasteiger partial charge is 0.224 e. The Morgan fingerprint density at radius 1 is 1.04 bits per heavy atom. The Bertz CT molecular complexity index is 731. The number of amides is 1. The standard InChI is InChI=1S/C21H29NO6/c1-12-6-8-13(9-7-12)10-15(23)22-16-17(14-11-24-20(2,3)26-14)25-19-18(16)27-21(4,5)28-19/h6-9,14,16-19H,10-11H2,1-5H3,(H,22,23)/t14-,16-,17-,18-,19-/m1/s1. The van der Waals surface area contributed by atoms with Gasteiger partial charge in [-0.2, -0.15) is 0 Å². The summed E-state index contributed by atoms with van der Waals surface area (Å²) in [5.41, 5.74) is 2.12. The van der Waals surface area contributed by atoms with Crippen LogP contribution in [0.1, 0.15) is 38.8 Å². The molecule has 3 aliphatic rings. The third-order valence-electron chi connectivity index (χ3n) is 5.30. The summed E-state index contributed by atoms with van der Waals surface area (Å²) in [6.45, 7) is 9.83. The summed E-state index contributed by atoms with van der Waals surface area (Å²) in [7, 11) is 0. The van der Waals surface area contributed by atoms with Gasteiger partial charge in [-0.3, -0.25) is 4.79 Å². The van der Waals surface area contributed by atoms with Crippen LogP contribution in [0.4, 0.5) is 0 Å². The molecule has 0 aliphatic carbocycles. The van der Waals surface area contributed by atoms with E-state index in [1.807, 2.05) is 58.9 Å². The number of benzene rings is 1. The molecular formula is C21H29NO6. The van der Waals surface area contributed by atoms with E-state index < -0.39 is 30.1 Å². The molecule has 7 nitrogen and oxygen atoms in total. The predicted molar refractivity (Wildman–Crippen MR) is 100 cm³/mol. The molecule has 3 fully saturated rings. The lowest BCUT2D eigenvalue weighted by Gasteiger charge is -2.29. The van der Waals surface area contributed by atoms with Crippen molar-refractivity contribution >= 4 is 5.91 Å². The highest BCUT2D eigenvalue weighted by atomic mass is 16.8. The summed E-state index contributed by atoms with van der Waals surface area (Å²) in [6.07, 6.45) is -1.36. The molecule has 3 saturated heterocycles. The molecular weight excluding hydrogens is 362 g/mol. The normalized spacial score (nSPS) is 35.7. The first-order chi connectivity index (χ1) is 13.1. The fourth-order valence-corrected chi connectivity index (χ4v) is 4.02. The van der Waals surface area contributed by atoms with Crippen molar-refractivity contribution < 1.29 is 28.5 Å². The van der Waals surface area contributed by atoms with Gasteiger partial charge in [-0.15, -0.1) is 0 Å². The van der Waals surface area contributed by atoms with Crippen molar-refractivity contribution in [3.8, 4) is 0 Å². The van der Waals surface area contributed by atoms with Gasteiger partial charge >= 0.3 is 0 Å². The topological polar surface area (TPSA) is 75.3 Å². The summed E-state index contributed by atoms with van der Waals surface area (Å²) in [4.78, 5) is 12.8. The Kier molecular flexibility index (Phi) is 5.00. The van der Waals surface area contributed by atoms with Crippen molar-refractivity contribution in [2.24, 2.45) is 0 Å². The molecule has 28 heavy (non-hydrogen) atoms. The maximum absolute atomic E-state index is 12.8. The van der Waals surface area contributed by atoms with Gasteiger partial charge in [0.1, 0.15) is 18.3 Å². The second-order valence-electron chi connectivity index (χ2n) is 8.69. The van der Waals surface area contributed by atoms with Gasteiger partial charge in [-0.05, 0) is 40.2 Å². The molecule has 154 valence electrons. The minimum absolute atomic E-state index is 0.0883. The minimum Gasteiger partial charge on any atom is -0.348 e. The molecule has 0 spiro atoms. The van der Waals surface area contributed by atoms with E-state index in [0.717, 1.165) is 11.1 Å². The van der Waals surface area contributed by atoms with Crippen molar-refractivity contribution in [3.63, 3.8) is 0 Å². The van der Waals surface area contributed by atoms with E-state index in [4.69, 9.17) is 23.7 Å². The Morgan fingerprint density at radius 2 is 1.75 bits per heavy atom.